The molecule has 2 amide bonds. The van der Waals surface area contributed by atoms with Crippen LogP contribution in [0, 0.1) is 0 Å². The van der Waals surface area contributed by atoms with Crippen molar-refractivity contribution in [2.75, 3.05) is 37.4 Å². The average Bonchev–Trinajstić information content (AvgIpc) is 3.17. The average molecular weight is 406 g/mol. The Hall–Kier alpha value is -2.24. The molecule has 1 heterocycles. The fraction of sp³-hybridized carbons (Fsp3) is 0.300. The normalized spacial score (nSPS) is 13.6. The molecule has 2 aromatic carbocycles. The highest BCUT2D eigenvalue weighted by molar-refractivity contribution is 6.42. The minimum absolute atomic E-state index is 0.0122. The lowest BCUT2D eigenvalue weighted by Crippen LogP contribution is -2.29. The van der Waals surface area contributed by atoms with Crippen molar-refractivity contribution in [3.63, 3.8) is 0 Å². The van der Waals surface area contributed by atoms with Crippen molar-refractivity contribution in [2.45, 2.75) is 12.8 Å². The van der Waals surface area contributed by atoms with Crippen LogP contribution in [0.4, 0.5) is 11.4 Å². The number of rotatable bonds is 4. The molecule has 7 heteroatoms. The first-order valence-electron chi connectivity index (χ1n) is 8.74. The second-order valence-corrected chi connectivity index (χ2v) is 7.52. The first kappa shape index (κ1) is 19.5. The summed E-state index contributed by atoms with van der Waals surface area (Å²) in [6, 6.07) is 10.1. The number of benzene rings is 2. The highest BCUT2D eigenvalue weighted by atomic mass is 35.5. The lowest BCUT2D eigenvalue weighted by molar-refractivity contribution is 0.0793. The van der Waals surface area contributed by atoms with E-state index in [1.807, 2.05) is 30.0 Å². The van der Waals surface area contributed by atoms with Gasteiger partial charge in [-0.3, -0.25) is 9.59 Å². The van der Waals surface area contributed by atoms with Crippen molar-refractivity contribution >= 4 is 46.4 Å². The van der Waals surface area contributed by atoms with Gasteiger partial charge in [0.25, 0.3) is 11.8 Å². The summed E-state index contributed by atoms with van der Waals surface area (Å²) in [6.45, 7) is 1.54. The summed E-state index contributed by atoms with van der Waals surface area (Å²) in [4.78, 5) is 29.2. The molecule has 0 atom stereocenters. The zero-order valence-corrected chi connectivity index (χ0v) is 16.8. The molecule has 0 radical (unpaired) electrons. The van der Waals surface area contributed by atoms with Gasteiger partial charge < -0.3 is 15.1 Å². The van der Waals surface area contributed by atoms with Gasteiger partial charge in [-0.2, -0.15) is 0 Å². The van der Waals surface area contributed by atoms with E-state index in [0.717, 1.165) is 31.6 Å². The predicted octanol–water partition coefficient (Wildman–Crippen LogP) is 4.55. The quantitative estimate of drug-likeness (QED) is 0.811. The van der Waals surface area contributed by atoms with E-state index in [1.165, 1.54) is 6.07 Å². The Balaban J connectivity index is 1.87. The Kier molecular flexibility index (Phi) is 5.92. The molecule has 0 unspecified atom stereocenters. The molecular weight excluding hydrogens is 385 g/mol. The third-order valence-corrected chi connectivity index (χ3v) is 5.28. The molecule has 1 aliphatic heterocycles. The number of amides is 2. The Bertz CT molecular complexity index is 878. The Labute approximate surface area is 168 Å². The van der Waals surface area contributed by atoms with Gasteiger partial charge in [-0.05, 0) is 49.2 Å². The van der Waals surface area contributed by atoms with Crippen LogP contribution in [0.25, 0.3) is 0 Å². The molecule has 0 bridgehead atoms. The van der Waals surface area contributed by atoms with Gasteiger partial charge in [-0.1, -0.05) is 23.2 Å². The van der Waals surface area contributed by atoms with Crippen LogP contribution in [-0.4, -0.2) is 43.9 Å². The van der Waals surface area contributed by atoms with E-state index >= 15 is 0 Å². The van der Waals surface area contributed by atoms with Gasteiger partial charge in [-0.15, -0.1) is 0 Å². The number of halogens is 2. The van der Waals surface area contributed by atoms with Gasteiger partial charge in [0.05, 0.1) is 15.6 Å². The van der Waals surface area contributed by atoms with Crippen LogP contribution >= 0.6 is 23.2 Å². The number of nitrogens with zero attached hydrogens (tertiary/aromatic N) is 2. The third-order valence-electron chi connectivity index (χ3n) is 4.54. The van der Waals surface area contributed by atoms with Crippen LogP contribution in [0.5, 0.6) is 0 Å². The maximum absolute atomic E-state index is 12.9. The second kappa shape index (κ2) is 8.19. The summed E-state index contributed by atoms with van der Waals surface area (Å²) in [5.41, 5.74) is 2.35. The molecule has 142 valence electrons. The van der Waals surface area contributed by atoms with Crippen molar-refractivity contribution in [1.29, 1.82) is 0 Å². The maximum atomic E-state index is 12.9. The number of carbonyl (C=O) groups is 2. The van der Waals surface area contributed by atoms with Crippen LogP contribution in [-0.2, 0) is 0 Å². The van der Waals surface area contributed by atoms with Gasteiger partial charge in [-0.25, -0.2) is 0 Å². The molecule has 0 spiro atoms. The van der Waals surface area contributed by atoms with Gasteiger partial charge in [0, 0.05) is 44.1 Å². The van der Waals surface area contributed by atoms with E-state index < -0.39 is 0 Å². The van der Waals surface area contributed by atoms with Crippen molar-refractivity contribution < 1.29 is 9.59 Å². The van der Waals surface area contributed by atoms with Crippen LogP contribution in [0.3, 0.4) is 0 Å². The molecule has 2 aromatic rings. The van der Waals surface area contributed by atoms with Crippen LogP contribution in [0.15, 0.2) is 36.4 Å². The first-order chi connectivity index (χ1) is 12.9. The van der Waals surface area contributed by atoms with E-state index in [-0.39, 0.29) is 11.8 Å². The number of hydrogen-bond donors (Lipinski definition) is 1. The minimum Gasteiger partial charge on any atom is -0.377 e. The lowest BCUT2D eigenvalue weighted by atomic mass is 10.1. The van der Waals surface area contributed by atoms with Crippen molar-refractivity contribution in [1.82, 2.24) is 4.90 Å². The molecule has 0 saturated carbocycles. The topological polar surface area (TPSA) is 52.7 Å². The molecule has 0 aromatic heterocycles. The van der Waals surface area contributed by atoms with E-state index in [1.54, 1.807) is 24.3 Å². The summed E-state index contributed by atoms with van der Waals surface area (Å²) < 4.78 is 0. The van der Waals surface area contributed by atoms with Gasteiger partial charge in [0.15, 0.2) is 0 Å². The SMILES string of the molecule is CN(C)c1ccc(NC(=O)c2ccc(Cl)c(Cl)c2)cc1C(=O)N1CCCC1. The van der Waals surface area contributed by atoms with Crippen LogP contribution in [0.1, 0.15) is 33.6 Å². The number of carbonyl (C=O) groups excluding carboxylic acids is 2. The third kappa shape index (κ3) is 4.37. The van der Waals surface area contributed by atoms with E-state index in [2.05, 4.69) is 5.32 Å². The Morgan fingerprint density at radius 3 is 2.33 bits per heavy atom. The molecule has 1 fully saturated rings. The van der Waals surface area contributed by atoms with Crippen LogP contribution < -0.4 is 10.2 Å². The van der Waals surface area contributed by atoms with Gasteiger partial charge in [0.2, 0.25) is 0 Å². The summed E-state index contributed by atoms with van der Waals surface area (Å²) in [6.07, 6.45) is 2.05. The Morgan fingerprint density at radius 1 is 1.00 bits per heavy atom. The largest absolute Gasteiger partial charge is 0.377 e. The molecule has 5 nitrogen and oxygen atoms in total. The summed E-state index contributed by atoms with van der Waals surface area (Å²) >= 11 is 11.9. The van der Waals surface area contributed by atoms with E-state index in [9.17, 15) is 9.59 Å². The molecule has 1 aliphatic rings. The molecule has 27 heavy (non-hydrogen) atoms. The predicted molar refractivity (Wildman–Crippen MR) is 110 cm³/mol. The maximum Gasteiger partial charge on any atom is 0.256 e. The van der Waals surface area contributed by atoms with Crippen molar-refractivity contribution in [3.05, 3.63) is 57.6 Å². The van der Waals surface area contributed by atoms with E-state index in [4.69, 9.17) is 23.2 Å². The van der Waals surface area contributed by atoms with Gasteiger partial charge >= 0.3 is 0 Å². The summed E-state index contributed by atoms with van der Waals surface area (Å²) in [5.74, 6) is -0.326. The van der Waals surface area contributed by atoms with Gasteiger partial charge in [0.1, 0.15) is 0 Å². The number of nitrogens with one attached hydrogen (secondary N) is 1. The number of hydrogen-bond acceptors (Lipinski definition) is 3. The summed E-state index contributed by atoms with van der Waals surface area (Å²) in [5, 5.41) is 3.53. The highest BCUT2D eigenvalue weighted by Crippen LogP contribution is 2.27. The second-order valence-electron chi connectivity index (χ2n) is 6.71. The summed E-state index contributed by atoms with van der Waals surface area (Å²) in [7, 11) is 3.79. The monoisotopic (exact) mass is 405 g/mol. The van der Waals surface area contributed by atoms with E-state index in [0.29, 0.717) is 26.9 Å². The van der Waals surface area contributed by atoms with Crippen molar-refractivity contribution in [2.24, 2.45) is 0 Å². The zero-order chi connectivity index (χ0) is 19.6. The molecule has 3 rings (SSSR count). The molecule has 1 N–H and O–H groups in total. The fourth-order valence-corrected chi connectivity index (χ4v) is 3.40. The smallest absolute Gasteiger partial charge is 0.256 e. The highest BCUT2D eigenvalue weighted by Gasteiger charge is 2.23. The molecular formula is C20H21Cl2N3O2. The number of anilines is 2. The number of likely N-dealkylation sites (tertiary alicyclic amines) is 1. The van der Waals surface area contributed by atoms with Crippen molar-refractivity contribution in [3.8, 4) is 0 Å². The first-order valence-corrected chi connectivity index (χ1v) is 9.49. The molecule has 0 aliphatic carbocycles. The standard InChI is InChI=1S/C20H21Cl2N3O2/c1-24(2)18-8-6-14(12-15(18)20(27)25-9-3-4-10-25)23-19(26)13-5-7-16(21)17(22)11-13/h5-8,11-12H,3-4,9-10H2,1-2H3,(H,23,26). The lowest BCUT2D eigenvalue weighted by Gasteiger charge is -2.22. The molecule has 1 saturated heterocycles. The fourth-order valence-electron chi connectivity index (χ4n) is 3.11. The Morgan fingerprint density at radius 2 is 1.70 bits per heavy atom. The zero-order valence-electron chi connectivity index (χ0n) is 15.3. The minimum atomic E-state index is -0.314. The van der Waals surface area contributed by atoms with Crippen LogP contribution in [0.2, 0.25) is 10.0 Å².